The van der Waals surface area contributed by atoms with Crippen molar-refractivity contribution in [2.75, 3.05) is 26.8 Å². The van der Waals surface area contributed by atoms with Crippen LogP contribution >= 0.6 is 0 Å². The van der Waals surface area contributed by atoms with Crippen molar-refractivity contribution in [2.24, 2.45) is 0 Å². The third kappa shape index (κ3) is 3.12. The number of non-ortho nitro benzene ring substituents is 1. The Labute approximate surface area is 116 Å². The zero-order chi connectivity index (χ0) is 14.5. The Hall–Kier alpha value is -1.99. The largest absolute Gasteiger partial charge is 0.385 e. The minimum atomic E-state index is -0.437. The molecule has 1 fully saturated rings. The molecule has 1 atom stereocenters. The van der Waals surface area contributed by atoms with Crippen LogP contribution in [0.25, 0.3) is 0 Å². The molecule has 1 heterocycles. The van der Waals surface area contributed by atoms with E-state index in [0.29, 0.717) is 13.2 Å². The number of nitrogens with one attached hydrogen (secondary N) is 1. The predicted octanol–water partition coefficient (Wildman–Crippen LogP) is 1.06. The van der Waals surface area contributed by atoms with E-state index in [2.05, 4.69) is 5.32 Å². The van der Waals surface area contributed by atoms with Crippen molar-refractivity contribution in [3.05, 3.63) is 39.9 Å². The van der Waals surface area contributed by atoms with E-state index < -0.39 is 4.92 Å². The number of carbonyl (C=O) groups is 1. The highest BCUT2D eigenvalue weighted by atomic mass is 16.6. The highest BCUT2D eigenvalue weighted by Crippen LogP contribution is 2.24. The predicted molar refractivity (Wildman–Crippen MR) is 72.0 cm³/mol. The normalized spacial score (nSPS) is 18.6. The van der Waals surface area contributed by atoms with E-state index in [-0.39, 0.29) is 24.3 Å². The van der Waals surface area contributed by atoms with Gasteiger partial charge in [0.15, 0.2) is 0 Å². The van der Waals surface area contributed by atoms with Gasteiger partial charge in [0.25, 0.3) is 5.69 Å². The first-order valence-electron chi connectivity index (χ1n) is 6.39. The minimum absolute atomic E-state index is 0.0319. The molecule has 0 bridgehead atoms. The number of ether oxygens (including phenoxy) is 1. The highest BCUT2D eigenvalue weighted by Gasteiger charge is 2.31. The maximum absolute atomic E-state index is 11.8. The lowest BCUT2D eigenvalue weighted by molar-refractivity contribution is -0.384. The van der Waals surface area contributed by atoms with Gasteiger partial charge in [-0.25, -0.2) is 0 Å². The smallest absolute Gasteiger partial charge is 0.269 e. The molecule has 1 saturated heterocycles. The molecular weight excluding hydrogens is 262 g/mol. The Morgan fingerprint density at radius 2 is 2.15 bits per heavy atom. The summed E-state index contributed by atoms with van der Waals surface area (Å²) in [7, 11) is 1.62. The fourth-order valence-corrected chi connectivity index (χ4v) is 2.25. The van der Waals surface area contributed by atoms with Gasteiger partial charge in [-0.15, -0.1) is 0 Å². The first kappa shape index (κ1) is 14.4. The van der Waals surface area contributed by atoms with Crippen molar-refractivity contribution in [1.82, 2.24) is 10.2 Å². The summed E-state index contributed by atoms with van der Waals surface area (Å²) >= 11 is 0. The lowest BCUT2D eigenvalue weighted by Gasteiger charge is -2.24. The number of nitrogens with zero attached hydrogens (tertiary/aromatic N) is 2. The van der Waals surface area contributed by atoms with Gasteiger partial charge < -0.3 is 9.64 Å². The second-order valence-corrected chi connectivity index (χ2v) is 4.57. The number of amides is 1. The van der Waals surface area contributed by atoms with Crippen LogP contribution in [-0.2, 0) is 9.53 Å². The van der Waals surface area contributed by atoms with Crippen LogP contribution in [0.15, 0.2) is 24.3 Å². The van der Waals surface area contributed by atoms with Crippen molar-refractivity contribution < 1.29 is 14.5 Å². The number of rotatable bonds is 6. The number of benzene rings is 1. The molecule has 0 radical (unpaired) electrons. The van der Waals surface area contributed by atoms with Crippen molar-refractivity contribution in [2.45, 2.75) is 12.6 Å². The van der Waals surface area contributed by atoms with Crippen LogP contribution in [0.3, 0.4) is 0 Å². The van der Waals surface area contributed by atoms with E-state index in [1.807, 2.05) is 0 Å². The molecule has 0 aliphatic carbocycles. The van der Waals surface area contributed by atoms with Crippen molar-refractivity contribution in [3.63, 3.8) is 0 Å². The Morgan fingerprint density at radius 1 is 1.45 bits per heavy atom. The Morgan fingerprint density at radius 3 is 2.75 bits per heavy atom. The SMILES string of the molecule is COCCCN1C(=O)CNC1c1ccc([N+](=O)[O-])cc1. The quantitative estimate of drug-likeness (QED) is 0.478. The highest BCUT2D eigenvalue weighted by molar-refractivity contribution is 5.80. The molecule has 7 nitrogen and oxygen atoms in total. The monoisotopic (exact) mass is 279 g/mol. The second-order valence-electron chi connectivity index (χ2n) is 4.57. The number of hydrogen-bond donors (Lipinski definition) is 1. The molecular formula is C13H17N3O4. The molecule has 7 heteroatoms. The van der Waals surface area contributed by atoms with Gasteiger partial charge in [0, 0.05) is 32.4 Å². The molecule has 2 rings (SSSR count). The summed E-state index contributed by atoms with van der Waals surface area (Å²) in [5, 5.41) is 13.7. The second kappa shape index (κ2) is 6.44. The average Bonchev–Trinajstić information content (AvgIpc) is 2.81. The summed E-state index contributed by atoms with van der Waals surface area (Å²) in [6.45, 7) is 1.48. The lowest BCUT2D eigenvalue weighted by Crippen LogP contribution is -2.31. The molecule has 1 aromatic rings. The van der Waals surface area contributed by atoms with Gasteiger partial charge in [0.1, 0.15) is 6.17 Å². The number of nitro groups is 1. The maximum atomic E-state index is 11.8. The summed E-state index contributed by atoms with van der Waals surface area (Å²) in [4.78, 5) is 23.8. The molecule has 0 saturated carbocycles. The van der Waals surface area contributed by atoms with Gasteiger partial charge in [-0.05, 0) is 24.1 Å². The van der Waals surface area contributed by atoms with Crippen molar-refractivity contribution in [1.29, 1.82) is 0 Å². The third-order valence-corrected chi connectivity index (χ3v) is 3.25. The molecule has 0 aromatic heterocycles. The van der Waals surface area contributed by atoms with Crippen LogP contribution < -0.4 is 5.32 Å². The number of hydrogen-bond acceptors (Lipinski definition) is 5. The van der Waals surface area contributed by atoms with E-state index in [4.69, 9.17) is 4.74 Å². The van der Waals surface area contributed by atoms with Gasteiger partial charge in [-0.3, -0.25) is 20.2 Å². The van der Waals surface area contributed by atoms with Gasteiger partial charge in [-0.2, -0.15) is 0 Å². The Bertz CT molecular complexity index is 489. The first-order valence-corrected chi connectivity index (χ1v) is 6.39. The summed E-state index contributed by atoms with van der Waals surface area (Å²) in [5.41, 5.74) is 0.892. The van der Waals surface area contributed by atoms with Crippen LogP contribution in [0.4, 0.5) is 5.69 Å². The summed E-state index contributed by atoms with van der Waals surface area (Å²) in [6.07, 6.45) is 0.535. The molecule has 20 heavy (non-hydrogen) atoms. The first-order chi connectivity index (χ1) is 9.63. The molecule has 1 amide bonds. The lowest BCUT2D eigenvalue weighted by atomic mass is 10.1. The zero-order valence-electron chi connectivity index (χ0n) is 11.2. The van der Waals surface area contributed by atoms with Crippen LogP contribution in [0.5, 0.6) is 0 Å². The standard InChI is InChI=1S/C13H17N3O4/c1-20-8-2-7-15-12(17)9-14-13(15)10-3-5-11(6-4-10)16(18)19/h3-6,13-14H,2,7-9H2,1H3. The van der Waals surface area contributed by atoms with E-state index in [9.17, 15) is 14.9 Å². The number of methoxy groups -OCH3 is 1. The average molecular weight is 279 g/mol. The molecule has 1 unspecified atom stereocenters. The van der Waals surface area contributed by atoms with Gasteiger partial charge >= 0.3 is 0 Å². The van der Waals surface area contributed by atoms with Crippen LogP contribution in [-0.4, -0.2) is 42.5 Å². The molecule has 108 valence electrons. The molecule has 1 aromatic carbocycles. The molecule has 1 aliphatic heterocycles. The zero-order valence-corrected chi connectivity index (χ0v) is 11.2. The van der Waals surface area contributed by atoms with Gasteiger partial charge in [0.05, 0.1) is 11.5 Å². The van der Waals surface area contributed by atoms with E-state index in [0.717, 1.165) is 12.0 Å². The van der Waals surface area contributed by atoms with E-state index in [1.54, 1.807) is 24.1 Å². The van der Waals surface area contributed by atoms with Gasteiger partial charge in [-0.1, -0.05) is 0 Å². The van der Waals surface area contributed by atoms with Crippen LogP contribution in [0, 0.1) is 10.1 Å². The van der Waals surface area contributed by atoms with Gasteiger partial charge in [0.2, 0.25) is 5.91 Å². The Balaban J connectivity index is 2.09. The van der Waals surface area contributed by atoms with E-state index in [1.165, 1.54) is 12.1 Å². The van der Waals surface area contributed by atoms with Crippen LogP contribution in [0.1, 0.15) is 18.2 Å². The van der Waals surface area contributed by atoms with Crippen LogP contribution in [0.2, 0.25) is 0 Å². The molecule has 0 spiro atoms. The number of carbonyl (C=O) groups excluding carboxylic acids is 1. The fourth-order valence-electron chi connectivity index (χ4n) is 2.25. The Kier molecular flexibility index (Phi) is 4.65. The maximum Gasteiger partial charge on any atom is 0.269 e. The third-order valence-electron chi connectivity index (χ3n) is 3.25. The summed E-state index contributed by atoms with van der Waals surface area (Å²) < 4.78 is 4.99. The molecule has 1 aliphatic rings. The van der Waals surface area contributed by atoms with Crippen molar-refractivity contribution >= 4 is 11.6 Å². The number of nitro benzene ring substituents is 1. The van der Waals surface area contributed by atoms with E-state index >= 15 is 0 Å². The fraction of sp³-hybridized carbons (Fsp3) is 0.462. The topological polar surface area (TPSA) is 84.7 Å². The summed E-state index contributed by atoms with van der Waals surface area (Å²) in [5.74, 6) is 0.0319. The minimum Gasteiger partial charge on any atom is -0.385 e. The molecule has 1 N–H and O–H groups in total. The summed E-state index contributed by atoms with van der Waals surface area (Å²) in [6, 6.07) is 6.26. The van der Waals surface area contributed by atoms with Crippen molar-refractivity contribution in [3.8, 4) is 0 Å².